The van der Waals surface area contributed by atoms with E-state index >= 15 is 0 Å². The van der Waals surface area contributed by atoms with Crippen LogP contribution in [0.3, 0.4) is 0 Å². The minimum absolute atomic E-state index is 0.0403. The van der Waals surface area contributed by atoms with E-state index < -0.39 is 28.9 Å². The minimum atomic E-state index is -4.79. The van der Waals surface area contributed by atoms with Crippen LogP contribution >= 0.6 is 23.5 Å². The quantitative estimate of drug-likeness (QED) is 0.278. The van der Waals surface area contributed by atoms with E-state index in [0.29, 0.717) is 17.3 Å². The zero-order chi connectivity index (χ0) is 22.6. The van der Waals surface area contributed by atoms with E-state index in [1.165, 1.54) is 48.5 Å². The van der Waals surface area contributed by atoms with E-state index in [1.807, 2.05) is 0 Å². The van der Waals surface area contributed by atoms with Gasteiger partial charge in [0.05, 0.1) is 16.8 Å². The lowest BCUT2D eigenvalue weighted by Crippen LogP contribution is -2.10. The standard InChI is InChI=1S/C21H12F6N2S2/c22-14-5-1-12(2-6-14)11-30-19-16(10-28)17(21(25,26)27)9-18(29-19)13-3-7-15(8-4-13)31-20(23)24/h1-9,20H,11H2. The van der Waals surface area contributed by atoms with Crippen molar-refractivity contribution in [1.29, 1.82) is 5.26 Å². The Bertz CT molecular complexity index is 1090. The highest BCUT2D eigenvalue weighted by Crippen LogP contribution is 2.39. The highest BCUT2D eigenvalue weighted by Gasteiger charge is 2.36. The largest absolute Gasteiger partial charge is 0.417 e. The molecule has 0 amide bonds. The molecule has 0 aliphatic heterocycles. The molecule has 0 aliphatic carbocycles. The van der Waals surface area contributed by atoms with E-state index in [9.17, 15) is 31.6 Å². The summed E-state index contributed by atoms with van der Waals surface area (Å²) in [7, 11) is 0. The topological polar surface area (TPSA) is 36.7 Å². The van der Waals surface area contributed by atoms with Crippen LogP contribution in [0.15, 0.2) is 64.5 Å². The van der Waals surface area contributed by atoms with Crippen LogP contribution in [0.5, 0.6) is 0 Å². The molecule has 2 aromatic carbocycles. The van der Waals surface area contributed by atoms with Crippen LogP contribution in [0, 0.1) is 17.1 Å². The number of pyridine rings is 1. The van der Waals surface area contributed by atoms with Crippen molar-refractivity contribution in [2.45, 2.75) is 27.6 Å². The second-order valence-electron chi connectivity index (χ2n) is 6.16. The molecule has 0 radical (unpaired) electrons. The van der Waals surface area contributed by atoms with Crippen molar-refractivity contribution in [3.63, 3.8) is 0 Å². The van der Waals surface area contributed by atoms with Crippen LogP contribution in [0.25, 0.3) is 11.3 Å². The van der Waals surface area contributed by atoms with Crippen LogP contribution in [-0.2, 0) is 11.9 Å². The SMILES string of the molecule is N#Cc1c(C(F)(F)F)cc(-c2ccc(SC(F)F)cc2)nc1SCc1ccc(F)cc1. The third-order valence-corrected chi connectivity index (χ3v) is 5.84. The van der Waals surface area contributed by atoms with Crippen LogP contribution in [0.2, 0.25) is 0 Å². The number of rotatable bonds is 6. The lowest BCUT2D eigenvalue weighted by molar-refractivity contribution is -0.138. The Morgan fingerprint density at radius 3 is 2.19 bits per heavy atom. The molecule has 31 heavy (non-hydrogen) atoms. The third kappa shape index (κ3) is 5.95. The van der Waals surface area contributed by atoms with Gasteiger partial charge >= 0.3 is 6.18 Å². The molecular weight excluding hydrogens is 458 g/mol. The van der Waals surface area contributed by atoms with Crippen molar-refractivity contribution in [3.05, 3.63) is 77.1 Å². The predicted octanol–water partition coefficient (Wildman–Crippen LogP) is 7.39. The predicted molar refractivity (Wildman–Crippen MR) is 107 cm³/mol. The first-order valence-corrected chi connectivity index (χ1v) is 10.5. The number of thioether (sulfide) groups is 2. The average Bonchev–Trinajstić information content (AvgIpc) is 2.72. The molecule has 0 fully saturated rings. The Kier molecular flexibility index (Phi) is 7.18. The Labute approximate surface area is 182 Å². The van der Waals surface area contributed by atoms with Gasteiger partial charge < -0.3 is 0 Å². The first-order chi connectivity index (χ1) is 14.7. The van der Waals surface area contributed by atoms with Crippen molar-refractivity contribution < 1.29 is 26.3 Å². The number of hydrogen-bond donors (Lipinski definition) is 0. The van der Waals surface area contributed by atoms with Crippen molar-refractivity contribution in [3.8, 4) is 17.3 Å². The van der Waals surface area contributed by atoms with Gasteiger partial charge in [0.25, 0.3) is 5.76 Å². The van der Waals surface area contributed by atoms with E-state index in [1.54, 1.807) is 6.07 Å². The second-order valence-corrected chi connectivity index (χ2v) is 8.19. The number of alkyl halides is 5. The Morgan fingerprint density at radius 1 is 1.00 bits per heavy atom. The number of nitriles is 1. The lowest BCUT2D eigenvalue weighted by Gasteiger charge is -2.14. The summed E-state index contributed by atoms with van der Waals surface area (Å²) >= 11 is 1.24. The van der Waals surface area contributed by atoms with E-state index in [2.05, 4.69) is 4.98 Å². The van der Waals surface area contributed by atoms with Crippen molar-refractivity contribution >= 4 is 23.5 Å². The number of benzene rings is 2. The molecule has 160 valence electrons. The summed E-state index contributed by atoms with van der Waals surface area (Å²) in [5.74, 6) is -2.89. The summed E-state index contributed by atoms with van der Waals surface area (Å²) in [6.45, 7) is 0. The average molecular weight is 470 g/mol. The fraction of sp³-hybridized carbons (Fsp3) is 0.143. The zero-order valence-electron chi connectivity index (χ0n) is 15.5. The fourth-order valence-electron chi connectivity index (χ4n) is 2.65. The third-order valence-electron chi connectivity index (χ3n) is 4.07. The Balaban J connectivity index is 2.00. The van der Waals surface area contributed by atoms with Crippen molar-refractivity contribution in [1.82, 2.24) is 4.98 Å². The van der Waals surface area contributed by atoms with Crippen LogP contribution in [-0.4, -0.2) is 10.7 Å². The van der Waals surface area contributed by atoms with Gasteiger partial charge in [0.1, 0.15) is 16.9 Å². The van der Waals surface area contributed by atoms with Gasteiger partial charge in [-0.05, 0) is 35.9 Å². The molecule has 0 unspecified atom stereocenters. The molecule has 0 N–H and O–H groups in total. The molecule has 0 aliphatic rings. The summed E-state index contributed by atoms with van der Waals surface area (Å²) < 4.78 is 78.9. The highest BCUT2D eigenvalue weighted by molar-refractivity contribution is 7.99. The maximum Gasteiger partial charge on any atom is 0.417 e. The van der Waals surface area contributed by atoms with E-state index in [0.717, 1.165) is 17.8 Å². The summed E-state index contributed by atoms with van der Waals surface area (Å²) in [6, 6.07) is 13.3. The second kappa shape index (κ2) is 9.66. The minimum Gasteiger partial charge on any atom is -0.240 e. The first-order valence-electron chi connectivity index (χ1n) is 8.62. The molecule has 1 aromatic heterocycles. The van der Waals surface area contributed by atoms with Crippen molar-refractivity contribution in [2.75, 3.05) is 0 Å². The molecular formula is C21H12F6N2S2. The molecule has 2 nitrogen and oxygen atoms in total. The molecule has 0 saturated heterocycles. The van der Waals surface area contributed by atoms with Gasteiger partial charge in [0, 0.05) is 16.2 Å². The van der Waals surface area contributed by atoms with Crippen LogP contribution in [0.4, 0.5) is 26.3 Å². The molecule has 0 saturated carbocycles. The van der Waals surface area contributed by atoms with Crippen LogP contribution < -0.4 is 0 Å². The van der Waals surface area contributed by atoms with Gasteiger partial charge in [0.15, 0.2) is 0 Å². The molecule has 3 rings (SSSR count). The maximum atomic E-state index is 13.6. The van der Waals surface area contributed by atoms with Gasteiger partial charge in [-0.2, -0.15) is 27.2 Å². The molecule has 0 spiro atoms. The summed E-state index contributed by atoms with van der Waals surface area (Å²) in [4.78, 5) is 4.48. The van der Waals surface area contributed by atoms with Gasteiger partial charge in [-0.3, -0.25) is 0 Å². The molecule has 3 aromatic rings. The number of halogens is 6. The van der Waals surface area contributed by atoms with Crippen LogP contribution in [0.1, 0.15) is 16.7 Å². The normalized spacial score (nSPS) is 11.5. The number of aromatic nitrogens is 1. The van der Waals surface area contributed by atoms with Gasteiger partial charge in [-0.15, -0.1) is 11.8 Å². The summed E-state index contributed by atoms with van der Waals surface area (Å²) in [5, 5.41) is 9.23. The Hall–Kier alpha value is -2.64. The smallest absolute Gasteiger partial charge is 0.240 e. The molecule has 0 atom stereocenters. The van der Waals surface area contributed by atoms with Gasteiger partial charge in [0.2, 0.25) is 0 Å². The number of nitrogens with zero attached hydrogens (tertiary/aromatic N) is 2. The molecule has 1 heterocycles. The lowest BCUT2D eigenvalue weighted by atomic mass is 10.1. The number of hydrogen-bond acceptors (Lipinski definition) is 4. The molecule has 0 bridgehead atoms. The van der Waals surface area contributed by atoms with Crippen molar-refractivity contribution in [2.24, 2.45) is 0 Å². The Morgan fingerprint density at radius 2 is 1.65 bits per heavy atom. The maximum absolute atomic E-state index is 13.6. The highest BCUT2D eigenvalue weighted by atomic mass is 32.2. The van der Waals surface area contributed by atoms with Gasteiger partial charge in [-0.1, -0.05) is 36.0 Å². The first kappa shape index (κ1) is 23.0. The summed E-state index contributed by atoms with van der Waals surface area (Å²) in [5.41, 5.74) is -0.843. The van der Waals surface area contributed by atoms with Gasteiger partial charge in [-0.25, -0.2) is 9.37 Å². The molecule has 10 heteroatoms. The van der Waals surface area contributed by atoms with E-state index in [-0.39, 0.29) is 26.9 Å². The van der Waals surface area contributed by atoms with E-state index in [4.69, 9.17) is 0 Å². The summed E-state index contributed by atoms with van der Waals surface area (Å²) in [6.07, 6.45) is -4.79. The monoisotopic (exact) mass is 470 g/mol. The fourth-order valence-corrected chi connectivity index (χ4v) is 4.10. The zero-order valence-corrected chi connectivity index (χ0v) is 17.1.